The van der Waals surface area contributed by atoms with Gasteiger partial charge in [0.1, 0.15) is 30.2 Å². The Morgan fingerprint density at radius 1 is 1.11 bits per heavy atom. The molecule has 9 heteroatoms. The molecule has 0 bridgehead atoms. The summed E-state index contributed by atoms with van der Waals surface area (Å²) in [4.78, 5) is 12.0. The quantitative estimate of drug-likeness (QED) is 0.509. The molecule has 0 unspecified atom stereocenters. The Morgan fingerprint density at radius 3 is 2.59 bits per heavy atom. The lowest BCUT2D eigenvalue weighted by Gasteiger charge is -2.39. The first kappa shape index (κ1) is 19.5. The van der Waals surface area contributed by atoms with Crippen molar-refractivity contribution >= 4 is 0 Å². The van der Waals surface area contributed by atoms with Gasteiger partial charge in [-0.25, -0.2) is 4.68 Å². The van der Waals surface area contributed by atoms with E-state index in [0.717, 1.165) is 0 Å². The zero-order chi connectivity index (χ0) is 19.6. The molecule has 0 amide bonds. The Labute approximate surface area is 155 Å². The molecule has 1 aromatic carbocycles. The van der Waals surface area contributed by atoms with Crippen LogP contribution in [0.3, 0.4) is 0 Å². The van der Waals surface area contributed by atoms with Crippen LogP contribution in [0.4, 0.5) is 0 Å². The normalized spacial score (nSPS) is 28.1. The summed E-state index contributed by atoms with van der Waals surface area (Å²) in [6.45, 7) is 1.36. The highest BCUT2D eigenvalue weighted by Crippen LogP contribution is 2.26. The molecule has 4 N–H and O–H groups in total. The third-order valence-electron chi connectivity index (χ3n) is 4.38. The summed E-state index contributed by atoms with van der Waals surface area (Å²) in [6, 6.07) is 9.86. The third-order valence-corrected chi connectivity index (χ3v) is 4.38. The lowest BCUT2D eigenvalue weighted by Crippen LogP contribution is -2.60. The smallest absolute Gasteiger partial charge is 0.267 e. The topological polar surface area (TPSA) is 134 Å². The van der Waals surface area contributed by atoms with Crippen molar-refractivity contribution in [2.24, 2.45) is 0 Å². The molecule has 1 saturated heterocycles. The highest BCUT2D eigenvalue weighted by molar-refractivity contribution is 5.33. The van der Waals surface area contributed by atoms with E-state index in [2.05, 4.69) is 5.10 Å². The maximum absolute atomic E-state index is 12.0. The van der Waals surface area contributed by atoms with Crippen molar-refractivity contribution in [3.05, 3.63) is 58.0 Å². The van der Waals surface area contributed by atoms with Crippen LogP contribution in [0.5, 0.6) is 5.75 Å². The van der Waals surface area contributed by atoms with Crippen LogP contribution in [-0.4, -0.2) is 67.5 Å². The monoisotopic (exact) mass is 378 g/mol. The number of aromatic nitrogens is 2. The molecule has 1 fully saturated rings. The molecule has 1 aliphatic rings. The van der Waals surface area contributed by atoms with Gasteiger partial charge in [0.05, 0.1) is 18.8 Å². The largest absolute Gasteiger partial charge is 0.462 e. The molecule has 0 aliphatic carbocycles. The van der Waals surface area contributed by atoms with E-state index in [1.807, 2.05) is 0 Å². The second-order valence-corrected chi connectivity index (χ2v) is 6.39. The summed E-state index contributed by atoms with van der Waals surface area (Å²) in [6.07, 6.45) is -6.88. The SMILES string of the molecule is Cc1ccc(=O)n(Cc2ccccc2O[C@@H]2O[C@H](CO)[C@@H](O)[C@@H](O)[C@@H]2O)n1. The Bertz CT molecular complexity index is 838. The average Bonchev–Trinajstić information content (AvgIpc) is 2.66. The fourth-order valence-electron chi connectivity index (χ4n) is 2.86. The van der Waals surface area contributed by atoms with E-state index in [-0.39, 0.29) is 12.1 Å². The highest BCUT2D eigenvalue weighted by atomic mass is 16.7. The molecule has 146 valence electrons. The first-order valence-corrected chi connectivity index (χ1v) is 8.50. The van der Waals surface area contributed by atoms with Crippen LogP contribution in [0, 0.1) is 6.92 Å². The van der Waals surface area contributed by atoms with Gasteiger partial charge in [-0.1, -0.05) is 18.2 Å². The Morgan fingerprint density at radius 2 is 1.85 bits per heavy atom. The van der Waals surface area contributed by atoms with Gasteiger partial charge in [-0.2, -0.15) is 5.10 Å². The second kappa shape index (κ2) is 8.15. The standard InChI is InChI=1S/C18H22N2O7/c1-10-6-7-14(22)20(19-10)8-11-4-2-3-5-12(11)26-18-17(25)16(24)15(23)13(9-21)27-18/h2-7,13,15-18,21,23-25H,8-9H2,1H3/t13-,15-,16-,17+,18-/m1/s1. The lowest BCUT2D eigenvalue weighted by molar-refractivity contribution is -0.277. The van der Waals surface area contributed by atoms with Crippen LogP contribution in [0.2, 0.25) is 0 Å². The van der Waals surface area contributed by atoms with E-state index in [4.69, 9.17) is 9.47 Å². The summed E-state index contributed by atoms with van der Waals surface area (Å²) >= 11 is 0. The van der Waals surface area contributed by atoms with Gasteiger partial charge in [0.15, 0.2) is 0 Å². The minimum Gasteiger partial charge on any atom is -0.462 e. The predicted molar refractivity (Wildman–Crippen MR) is 93.2 cm³/mol. The summed E-state index contributed by atoms with van der Waals surface area (Å²) in [5.41, 5.74) is 1.01. The van der Waals surface area contributed by atoms with Crippen molar-refractivity contribution in [2.45, 2.75) is 44.2 Å². The second-order valence-electron chi connectivity index (χ2n) is 6.39. The van der Waals surface area contributed by atoms with Crippen LogP contribution in [-0.2, 0) is 11.3 Å². The molecule has 1 aromatic heterocycles. The fourth-order valence-corrected chi connectivity index (χ4v) is 2.86. The van der Waals surface area contributed by atoms with Crippen molar-refractivity contribution in [2.75, 3.05) is 6.61 Å². The van der Waals surface area contributed by atoms with Gasteiger partial charge in [0.2, 0.25) is 6.29 Å². The Hall–Kier alpha value is -2.30. The van der Waals surface area contributed by atoms with Crippen molar-refractivity contribution in [1.29, 1.82) is 0 Å². The zero-order valence-electron chi connectivity index (χ0n) is 14.7. The maximum Gasteiger partial charge on any atom is 0.267 e. The third kappa shape index (κ3) is 4.18. The van der Waals surface area contributed by atoms with Gasteiger partial charge in [0.25, 0.3) is 5.56 Å². The molecule has 0 saturated carbocycles. The number of para-hydroxylation sites is 1. The van der Waals surface area contributed by atoms with Crippen LogP contribution in [0.1, 0.15) is 11.3 Å². The van der Waals surface area contributed by atoms with E-state index in [1.165, 1.54) is 10.7 Å². The van der Waals surface area contributed by atoms with Crippen LogP contribution < -0.4 is 10.3 Å². The van der Waals surface area contributed by atoms with Crippen molar-refractivity contribution in [3.63, 3.8) is 0 Å². The highest BCUT2D eigenvalue weighted by Gasteiger charge is 2.44. The summed E-state index contributed by atoms with van der Waals surface area (Å²) in [7, 11) is 0. The van der Waals surface area contributed by atoms with Gasteiger partial charge in [-0.3, -0.25) is 4.79 Å². The van der Waals surface area contributed by atoms with E-state index < -0.39 is 37.3 Å². The molecule has 5 atom stereocenters. The number of rotatable bonds is 5. The van der Waals surface area contributed by atoms with Crippen LogP contribution in [0.15, 0.2) is 41.2 Å². The van der Waals surface area contributed by atoms with E-state index in [9.17, 15) is 25.2 Å². The molecule has 2 heterocycles. The molecular weight excluding hydrogens is 356 g/mol. The minimum absolute atomic E-state index is 0.133. The van der Waals surface area contributed by atoms with Gasteiger partial charge in [-0.15, -0.1) is 0 Å². The van der Waals surface area contributed by atoms with Crippen molar-refractivity contribution < 1.29 is 29.9 Å². The van der Waals surface area contributed by atoms with Crippen LogP contribution >= 0.6 is 0 Å². The molecular formula is C18H22N2O7. The zero-order valence-corrected chi connectivity index (χ0v) is 14.7. The van der Waals surface area contributed by atoms with E-state index in [1.54, 1.807) is 37.3 Å². The maximum atomic E-state index is 12.0. The van der Waals surface area contributed by atoms with Gasteiger partial charge >= 0.3 is 0 Å². The number of aliphatic hydroxyl groups is 4. The van der Waals surface area contributed by atoms with E-state index >= 15 is 0 Å². The molecule has 2 aromatic rings. The average molecular weight is 378 g/mol. The number of nitrogens with zero attached hydrogens (tertiary/aromatic N) is 2. The van der Waals surface area contributed by atoms with Gasteiger partial charge < -0.3 is 29.9 Å². The summed E-state index contributed by atoms with van der Waals surface area (Å²) in [5, 5.41) is 43.3. The first-order valence-electron chi connectivity index (χ1n) is 8.50. The predicted octanol–water partition coefficient (Wildman–Crippen LogP) is -1.22. The summed E-state index contributed by atoms with van der Waals surface area (Å²) in [5.74, 6) is 0.317. The Kier molecular flexibility index (Phi) is 5.88. The minimum atomic E-state index is -1.53. The first-order chi connectivity index (χ1) is 12.9. The van der Waals surface area contributed by atoms with Gasteiger partial charge in [0, 0.05) is 11.6 Å². The van der Waals surface area contributed by atoms with Gasteiger partial charge in [-0.05, 0) is 19.1 Å². The molecule has 0 radical (unpaired) electrons. The molecule has 1 aliphatic heterocycles. The number of aryl methyl sites for hydroxylation is 1. The van der Waals surface area contributed by atoms with Crippen molar-refractivity contribution in [1.82, 2.24) is 9.78 Å². The fraction of sp³-hybridized carbons (Fsp3) is 0.444. The number of hydrogen-bond donors (Lipinski definition) is 4. The number of ether oxygens (including phenoxy) is 2. The number of benzene rings is 1. The molecule has 3 rings (SSSR count). The summed E-state index contributed by atoms with van der Waals surface area (Å²) < 4.78 is 12.3. The lowest BCUT2D eigenvalue weighted by atomic mass is 9.99. The van der Waals surface area contributed by atoms with Crippen molar-refractivity contribution in [3.8, 4) is 5.75 Å². The number of hydrogen-bond acceptors (Lipinski definition) is 8. The Balaban J connectivity index is 1.84. The van der Waals surface area contributed by atoms with Crippen LogP contribution in [0.25, 0.3) is 0 Å². The molecule has 9 nitrogen and oxygen atoms in total. The number of aliphatic hydroxyl groups excluding tert-OH is 4. The molecule has 27 heavy (non-hydrogen) atoms. The molecule has 0 spiro atoms. The van der Waals surface area contributed by atoms with E-state index in [0.29, 0.717) is 17.0 Å².